The van der Waals surface area contributed by atoms with Gasteiger partial charge < -0.3 is 14.2 Å². The Labute approximate surface area is 403 Å². The van der Waals surface area contributed by atoms with Crippen LogP contribution in [0, 0.1) is 0 Å². The third-order valence-electron chi connectivity index (χ3n) is 12.3. The minimum absolute atomic E-state index is 0.0795. The van der Waals surface area contributed by atoms with E-state index in [1.54, 1.807) is 0 Å². The summed E-state index contributed by atoms with van der Waals surface area (Å²) in [6, 6.07) is 0. The van der Waals surface area contributed by atoms with Gasteiger partial charge >= 0.3 is 17.9 Å². The van der Waals surface area contributed by atoms with Crippen molar-refractivity contribution in [2.75, 3.05) is 13.2 Å². The van der Waals surface area contributed by atoms with Gasteiger partial charge in [0, 0.05) is 19.3 Å². The molecule has 0 aliphatic heterocycles. The highest BCUT2D eigenvalue weighted by atomic mass is 16.6. The highest BCUT2D eigenvalue weighted by Gasteiger charge is 2.19. The van der Waals surface area contributed by atoms with Gasteiger partial charge in [-0.25, -0.2) is 0 Å². The first-order chi connectivity index (χ1) is 32.0. The van der Waals surface area contributed by atoms with E-state index in [0.717, 1.165) is 83.5 Å². The van der Waals surface area contributed by atoms with Crippen LogP contribution in [-0.4, -0.2) is 37.2 Å². The lowest BCUT2D eigenvalue weighted by Crippen LogP contribution is -2.30. The van der Waals surface area contributed by atoms with Crippen molar-refractivity contribution in [2.45, 2.75) is 297 Å². The van der Waals surface area contributed by atoms with Crippen molar-refractivity contribution in [1.82, 2.24) is 0 Å². The Kier molecular flexibility index (Phi) is 51.8. The molecule has 0 bridgehead atoms. The predicted octanol–water partition coefficient (Wildman–Crippen LogP) is 18.7. The van der Waals surface area contributed by atoms with E-state index in [1.165, 1.54) is 167 Å². The Morgan fingerprint density at radius 1 is 0.308 bits per heavy atom. The normalized spacial score (nSPS) is 12.4. The van der Waals surface area contributed by atoms with Crippen molar-refractivity contribution in [1.29, 1.82) is 0 Å². The zero-order valence-electron chi connectivity index (χ0n) is 43.3. The van der Waals surface area contributed by atoms with Crippen molar-refractivity contribution in [3.63, 3.8) is 0 Å². The fourth-order valence-electron chi connectivity index (χ4n) is 8.07. The second-order valence-corrected chi connectivity index (χ2v) is 18.9. The Morgan fingerprint density at radius 2 is 0.554 bits per heavy atom. The lowest BCUT2D eigenvalue weighted by molar-refractivity contribution is -0.167. The van der Waals surface area contributed by atoms with Gasteiger partial charge in [0.25, 0.3) is 0 Å². The summed E-state index contributed by atoms with van der Waals surface area (Å²) in [5.41, 5.74) is 0. The highest BCUT2D eigenvalue weighted by Crippen LogP contribution is 2.16. The molecule has 1 atom stereocenters. The van der Waals surface area contributed by atoms with Crippen LogP contribution in [0.3, 0.4) is 0 Å². The molecule has 0 saturated carbocycles. The van der Waals surface area contributed by atoms with Crippen LogP contribution in [0.5, 0.6) is 0 Å². The summed E-state index contributed by atoms with van der Waals surface area (Å²) in [5, 5.41) is 0. The third kappa shape index (κ3) is 52.2. The van der Waals surface area contributed by atoms with E-state index in [1.807, 2.05) is 0 Å². The molecule has 65 heavy (non-hydrogen) atoms. The van der Waals surface area contributed by atoms with E-state index in [-0.39, 0.29) is 31.1 Å². The second kappa shape index (κ2) is 54.0. The van der Waals surface area contributed by atoms with Gasteiger partial charge in [-0.15, -0.1) is 0 Å². The van der Waals surface area contributed by atoms with Gasteiger partial charge in [-0.2, -0.15) is 0 Å². The molecular weight excluding hydrogens is 805 g/mol. The van der Waals surface area contributed by atoms with Crippen molar-refractivity contribution < 1.29 is 28.6 Å². The quantitative estimate of drug-likeness (QED) is 0.0262. The zero-order chi connectivity index (χ0) is 47.2. The number of carbonyl (C=O) groups excluding carboxylic acids is 3. The molecule has 0 unspecified atom stereocenters. The summed E-state index contributed by atoms with van der Waals surface area (Å²) in [6.45, 7) is 6.60. The fraction of sp³-hybridized carbons (Fsp3) is 0.814. The Balaban J connectivity index is 4.35. The molecule has 0 N–H and O–H groups in total. The number of hydrogen-bond acceptors (Lipinski definition) is 6. The zero-order valence-corrected chi connectivity index (χ0v) is 43.3. The van der Waals surface area contributed by atoms with E-state index < -0.39 is 6.10 Å². The highest BCUT2D eigenvalue weighted by molar-refractivity contribution is 5.71. The maximum absolute atomic E-state index is 12.8. The first-order valence-electron chi connectivity index (χ1n) is 28.1. The predicted molar refractivity (Wildman–Crippen MR) is 279 cm³/mol. The van der Waals surface area contributed by atoms with Crippen LogP contribution in [0.25, 0.3) is 0 Å². The first kappa shape index (κ1) is 62.4. The van der Waals surface area contributed by atoms with Crippen LogP contribution in [0.4, 0.5) is 0 Å². The van der Waals surface area contributed by atoms with Gasteiger partial charge in [-0.05, 0) is 64.2 Å². The Hall–Kier alpha value is -2.63. The van der Waals surface area contributed by atoms with Crippen molar-refractivity contribution >= 4 is 17.9 Å². The molecule has 0 radical (unpaired) electrons. The van der Waals surface area contributed by atoms with Crippen LogP contribution >= 0.6 is 0 Å². The van der Waals surface area contributed by atoms with E-state index in [4.69, 9.17) is 14.2 Å². The van der Waals surface area contributed by atoms with E-state index >= 15 is 0 Å². The molecule has 0 aromatic heterocycles. The minimum atomic E-state index is -0.781. The maximum Gasteiger partial charge on any atom is 0.306 e. The van der Waals surface area contributed by atoms with E-state index in [9.17, 15) is 14.4 Å². The van der Waals surface area contributed by atoms with Gasteiger partial charge in [-0.3, -0.25) is 14.4 Å². The molecule has 0 rings (SSSR count). The van der Waals surface area contributed by atoms with E-state index in [2.05, 4.69) is 69.4 Å². The number of unbranched alkanes of at least 4 members (excludes halogenated alkanes) is 32. The summed E-state index contributed by atoms with van der Waals surface area (Å²) >= 11 is 0. The van der Waals surface area contributed by atoms with Gasteiger partial charge in [0.1, 0.15) is 13.2 Å². The molecule has 0 aromatic carbocycles. The molecular formula is C59H106O6. The van der Waals surface area contributed by atoms with Crippen molar-refractivity contribution in [3.05, 3.63) is 48.6 Å². The minimum Gasteiger partial charge on any atom is -0.462 e. The van der Waals surface area contributed by atoms with Crippen LogP contribution in [0.15, 0.2) is 48.6 Å². The number of ether oxygens (including phenoxy) is 3. The van der Waals surface area contributed by atoms with Gasteiger partial charge in [0.2, 0.25) is 0 Å². The van der Waals surface area contributed by atoms with Crippen LogP contribution in [0.1, 0.15) is 290 Å². The third-order valence-corrected chi connectivity index (χ3v) is 12.3. The van der Waals surface area contributed by atoms with Crippen LogP contribution < -0.4 is 0 Å². The van der Waals surface area contributed by atoms with Crippen LogP contribution in [-0.2, 0) is 28.6 Å². The molecule has 6 nitrogen and oxygen atoms in total. The van der Waals surface area contributed by atoms with Crippen molar-refractivity contribution in [2.24, 2.45) is 0 Å². The van der Waals surface area contributed by atoms with Crippen molar-refractivity contribution in [3.8, 4) is 0 Å². The lowest BCUT2D eigenvalue weighted by Gasteiger charge is -2.18. The molecule has 0 spiro atoms. The summed E-state index contributed by atoms with van der Waals surface area (Å²) in [7, 11) is 0. The van der Waals surface area contributed by atoms with Gasteiger partial charge in [0.15, 0.2) is 6.10 Å². The topological polar surface area (TPSA) is 78.9 Å². The number of esters is 3. The molecule has 0 heterocycles. The number of rotatable bonds is 51. The Bertz CT molecular complexity index is 1140. The molecule has 0 amide bonds. The fourth-order valence-corrected chi connectivity index (χ4v) is 8.07. The average Bonchev–Trinajstić information content (AvgIpc) is 3.30. The first-order valence-corrected chi connectivity index (χ1v) is 28.1. The van der Waals surface area contributed by atoms with Crippen LogP contribution in [0.2, 0.25) is 0 Å². The standard InChI is InChI=1S/C59H106O6/c1-4-7-10-13-16-19-22-24-26-28-30-32-33-35-37-40-43-46-49-52-58(61)64-55-56(54-63-57(60)51-48-45-42-39-21-18-15-12-9-6-3)65-59(62)53-50-47-44-41-38-36-34-31-29-27-25-23-20-17-14-11-8-5-2/h16,19,24,26,30,32,35,37,56H,4-15,17-18,20-23,25,27-29,31,33-34,36,38-55H2,1-3H3/b19-16-,26-24-,32-30-,37-35-/t56-/m1/s1. The summed E-state index contributed by atoms with van der Waals surface area (Å²) < 4.78 is 16.8. The number of carbonyl (C=O) groups is 3. The molecule has 6 heteroatoms. The molecule has 0 fully saturated rings. The Morgan fingerprint density at radius 3 is 0.892 bits per heavy atom. The summed E-state index contributed by atoms with van der Waals surface area (Å²) in [4.78, 5) is 38.0. The number of allylic oxidation sites excluding steroid dienone is 8. The van der Waals surface area contributed by atoms with Gasteiger partial charge in [-0.1, -0.05) is 256 Å². The molecule has 0 aliphatic rings. The van der Waals surface area contributed by atoms with E-state index in [0.29, 0.717) is 19.3 Å². The maximum atomic E-state index is 12.8. The molecule has 378 valence electrons. The van der Waals surface area contributed by atoms with Gasteiger partial charge in [0.05, 0.1) is 0 Å². The molecule has 0 aromatic rings. The second-order valence-electron chi connectivity index (χ2n) is 18.9. The lowest BCUT2D eigenvalue weighted by atomic mass is 10.0. The molecule has 0 aliphatic carbocycles. The monoisotopic (exact) mass is 911 g/mol. The average molecular weight is 911 g/mol. The SMILES string of the molecule is CCCCC/C=C\C/C=C\C/C=C\C/C=C\CCCCCC(=O)OC[C@@H](COC(=O)CCCCCCCCCCCC)OC(=O)CCCCCCCCCCCCCCCCCCCC. The largest absolute Gasteiger partial charge is 0.462 e. The smallest absolute Gasteiger partial charge is 0.306 e. The number of hydrogen-bond donors (Lipinski definition) is 0. The summed E-state index contributed by atoms with van der Waals surface area (Å²) in [5.74, 6) is -0.899. The summed E-state index contributed by atoms with van der Waals surface area (Å²) in [6.07, 6.45) is 65.3. The molecule has 0 saturated heterocycles.